The molecule has 2 aliphatic heterocycles. The number of likely N-dealkylation sites (tertiary alicyclic amines) is 1. The predicted octanol–water partition coefficient (Wildman–Crippen LogP) is 3.07. The lowest BCUT2D eigenvalue weighted by Crippen LogP contribution is -2.38. The van der Waals surface area contributed by atoms with E-state index in [4.69, 9.17) is 11.6 Å². The Morgan fingerprint density at radius 1 is 1.44 bits per heavy atom. The summed E-state index contributed by atoms with van der Waals surface area (Å²) in [6.45, 7) is 0.904. The van der Waals surface area contributed by atoms with Crippen molar-refractivity contribution < 1.29 is 4.79 Å². The highest BCUT2D eigenvalue weighted by Crippen LogP contribution is 2.37. The van der Waals surface area contributed by atoms with Crippen molar-refractivity contribution in [3.63, 3.8) is 0 Å². The van der Waals surface area contributed by atoms with Crippen LogP contribution in [0.5, 0.6) is 0 Å². The first-order valence-corrected chi connectivity index (χ1v) is 7.51. The van der Waals surface area contributed by atoms with E-state index in [1.165, 1.54) is 0 Å². The zero-order valence-electron chi connectivity index (χ0n) is 9.88. The van der Waals surface area contributed by atoms with E-state index in [-0.39, 0.29) is 5.91 Å². The Morgan fingerprint density at radius 2 is 2.28 bits per heavy atom. The SMILES string of the molecule is O=C(/C=C/c1ccccc1Cl)N1CC2CC1CS2. The summed E-state index contributed by atoms with van der Waals surface area (Å²) in [5, 5.41) is 1.34. The summed E-state index contributed by atoms with van der Waals surface area (Å²) >= 11 is 8.04. The molecule has 2 nitrogen and oxygen atoms in total. The number of amides is 1. The maximum atomic E-state index is 12.1. The van der Waals surface area contributed by atoms with Crippen LogP contribution in [0.15, 0.2) is 30.3 Å². The van der Waals surface area contributed by atoms with E-state index in [1.807, 2.05) is 47.0 Å². The highest BCUT2D eigenvalue weighted by atomic mass is 35.5. The van der Waals surface area contributed by atoms with Crippen LogP contribution >= 0.6 is 23.4 Å². The van der Waals surface area contributed by atoms with Crippen molar-refractivity contribution in [3.05, 3.63) is 40.9 Å². The average Bonchev–Trinajstić information content (AvgIpc) is 2.99. The fraction of sp³-hybridized carbons (Fsp3) is 0.357. The molecule has 0 N–H and O–H groups in total. The number of hydrogen-bond acceptors (Lipinski definition) is 2. The molecular formula is C14H14ClNOS. The molecule has 0 saturated carbocycles. The first kappa shape index (κ1) is 12.1. The van der Waals surface area contributed by atoms with E-state index in [2.05, 4.69) is 0 Å². The van der Waals surface area contributed by atoms with E-state index >= 15 is 0 Å². The first-order valence-electron chi connectivity index (χ1n) is 6.09. The van der Waals surface area contributed by atoms with Crippen LogP contribution in [0, 0.1) is 0 Å². The maximum Gasteiger partial charge on any atom is 0.246 e. The van der Waals surface area contributed by atoms with Crippen molar-refractivity contribution in [3.8, 4) is 0 Å². The van der Waals surface area contributed by atoms with E-state index in [0.29, 0.717) is 16.3 Å². The molecule has 0 aliphatic carbocycles. The number of nitrogens with zero attached hydrogens (tertiary/aromatic N) is 1. The van der Waals surface area contributed by atoms with Crippen LogP contribution in [-0.4, -0.2) is 34.4 Å². The van der Waals surface area contributed by atoms with Crippen LogP contribution in [0.25, 0.3) is 6.08 Å². The highest BCUT2D eigenvalue weighted by molar-refractivity contribution is 8.00. The molecule has 2 fully saturated rings. The van der Waals surface area contributed by atoms with Crippen LogP contribution < -0.4 is 0 Å². The van der Waals surface area contributed by atoms with Crippen molar-refractivity contribution >= 4 is 35.3 Å². The zero-order chi connectivity index (χ0) is 12.5. The van der Waals surface area contributed by atoms with Crippen LogP contribution in [0.3, 0.4) is 0 Å². The van der Waals surface area contributed by atoms with Crippen LogP contribution in [0.2, 0.25) is 5.02 Å². The fourth-order valence-electron chi connectivity index (χ4n) is 2.54. The quantitative estimate of drug-likeness (QED) is 0.776. The van der Waals surface area contributed by atoms with E-state index in [9.17, 15) is 4.79 Å². The second-order valence-corrected chi connectivity index (χ2v) is 6.43. The molecule has 2 saturated heterocycles. The Kier molecular flexibility index (Phi) is 3.35. The normalized spacial score (nSPS) is 26.2. The maximum absolute atomic E-state index is 12.1. The van der Waals surface area contributed by atoms with Gasteiger partial charge < -0.3 is 4.90 Å². The number of carbonyl (C=O) groups excluding carboxylic acids is 1. The van der Waals surface area contributed by atoms with Gasteiger partial charge in [0.05, 0.1) is 0 Å². The molecule has 0 radical (unpaired) electrons. The molecule has 2 atom stereocenters. The molecule has 4 heteroatoms. The van der Waals surface area contributed by atoms with Crippen molar-refractivity contribution in [2.24, 2.45) is 0 Å². The predicted molar refractivity (Wildman–Crippen MR) is 76.9 cm³/mol. The minimum Gasteiger partial charge on any atom is -0.334 e. The van der Waals surface area contributed by atoms with E-state index in [1.54, 1.807) is 6.08 Å². The van der Waals surface area contributed by atoms with Gasteiger partial charge in [-0.15, -0.1) is 0 Å². The summed E-state index contributed by atoms with van der Waals surface area (Å²) < 4.78 is 0. The molecule has 0 spiro atoms. The lowest BCUT2D eigenvalue weighted by atomic mass is 10.2. The third kappa shape index (κ3) is 2.29. The number of halogens is 1. The van der Waals surface area contributed by atoms with Gasteiger partial charge in [-0.05, 0) is 24.1 Å². The Labute approximate surface area is 116 Å². The lowest BCUT2D eigenvalue weighted by molar-refractivity contribution is -0.126. The summed E-state index contributed by atoms with van der Waals surface area (Å²) in [4.78, 5) is 14.1. The standard InChI is InChI=1S/C14H14ClNOS/c15-13-4-2-1-3-10(13)5-6-14(17)16-8-12-7-11(16)9-18-12/h1-6,11-12H,7-9H2/b6-5+. The molecule has 3 rings (SSSR count). The van der Waals surface area contributed by atoms with Gasteiger partial charge in [0.1, 0.15) is 0 Å². The summed E-state index contributed by atoms with van der Waals surface area (Å²) in [6, 6.07) is 8.00. The largest absolute Gasteiger partial charge is 0.334 e. The zero-order valence-corrected chi connectivity index (χ0v) is 11.5. The van der Waals surface area contributed by atoms with Gasteiger partial charge in [0.15, 0.2) is 0 Å². The molecule has 94 valence electrons. The van der Waals surface area contributed by atoms with Crippen molar-refractivity contribution in [1.29, 1.82) is 0 Å². The summed E-state index contributed by atoms with van der Waals surface area (Å²) in [5.41, 5.74) is 0.895. The van der Waals surface area contributed by atoms with Gasteiger partial charge in [-0.1, -0.05) is 29.8 Å². The summed E-state index contributed by atoms with van der Waals surface area (Å²) in [5.74, 6) is 1.21. The number of carbonyl (C=O) groups is 1. The molecule has 1 amide bonds. The third-order valence-electron chi connectivity index (χ3n) is 3.49. The molecule has 2 bridgehead atoms. The van der Waals surface area contributed by atoms with Gasteiger partial charge in [0.2, 0.25) is 5.91 Å². The second-order valence-electron chi connectivity index (χ2n) is 4.69. The van der Waals surface area contributed by atoms with Gasteiger partial charge in [-0.2, -0.15) is 11.8 Å². The van der Waals surface area contributed by atoms with Crippen LogP contribution in [0.1, 0.15) is 12.0 Å². The van der Waals surface area contributed by atoms with E-state index in [0.717, 1.165) is 24.3 Å². The van der Waals surface area contributed by atoms with Gasteiger partial charge in [-0.25, -0.2) is 0 Å². The average molecular weight is 280 g/mol. The Morgan fingerprint density at radius 3 is 2.94 bits per heavy atom. The van der Waals surface area contributed by atoms with Crippen LogP contribution in [0.4, 0.5) is 0 Å². The van der Waals surface area contributed by atoms with Gasteiger partial charge in [-0.3, -0.25) is 4.79 Å². The highest BCUT2D eigenvalue weighted by Gasteiger charge is 2.40. The molecule has 0 aromatic heterocycles. The molecule has 1 aromatic rings. The minimum atomic E-state index is 0.114. The Balaban J connectivity index is 1.70. The second kappa shape index (κ2) is 4.98. The molecule has 2 unspecified atom stereocenters. The third-order valence-corrected chi connectivity index (χ3v) is 5.23. The fourth-order valence-corrected chi connectivity index (χ4v) is 4.17. The summed E-state index contributed by atoms with van der Waals surface area (Å²) in [7, 11) is 0. The topological polar surface area (TPSA) is 20.3 Å². The van der Waals surface area contributed by atoms with Gasteiger partial charge >= 0.3 is 0 Å². The Hall–Kier alpha value is -0.930. The van der Waals surface area contributed by atoms with Gasteiger partial charge in [0, 0.05) is 34.7 Å². The van der Waals surface area contributed by atoms with Crippen molar-refractivity contribution in [2.75, 3.05) is 12.3 Å². The monoisotopic (exact) mass is 279 g/mol. The van der Waals surface area contributed by atoms with Crippen LogP contribution in [-0.2, 0) is 4.79 Å². The summed E-state index contributed by atoms with van der Waals surface area (Å²) in [6.07, 6.45) is 4.62. The first-order chi connectivity index (χ1) is 8.74. The smallest absolute Gasteiger partial charge is 0.246 e. The lowest BCUT2D eigenvalue weighted by Gasteiger charge is -2.25. The van der Waals surface area contributed by atoms with Crippen molar-refractivity contribution in [1.82, 2.24) is 4.90 Å². The molecular weight excluding hydrogens is 266 g/mol. The van der Waals surface area contributed by atoms with E-state index < -0.39 is 0 Å². The molecule has 18 heavy (non-hydrogen) atoms. The number of rotatable bonds is 2. The van der Waals surface area contributed by atoms with Gasteiger partial charge in [0.25, 0.3) is 0 Å². The number of thioether (sulfide) groups is 1. The Bertz CT molecular complexity index is 502. The minimum absolute atomic E-state index is 0.114. The number of fused-ring (bicyclic) bond motifs is 2. The molecule has 1 aromatic carbocycles. The molecule has 2 heterocycles. The number of benzene rings is 1. The number of hydrogen-bond donors (Lipinski definition) is 0. The molecule has 2 aliphatic rings. The van der Waals surface area contributed by atoms with Crippen molar-refractivity contribution in [2.45, 2.75) is 17.7 Å².